The Kier molecular flexibility index (Phi) is 69.4. The van der Waals surface area contributed by atoms with Crippen LogP contribution in [0.2, 0.25) is 0 Å². The molecule has 0 spiro atoms. The van der Waals surface area contributed by atoms with E-state index in [1.807, 2.05) is 0 Å². The molecule has 0 aliphatic heterocycles. The third kappa shape index (κ3) is 73.6. The summed E-state index contributed by atoms with van der Waals surface area (Å²) in [6.07, 6.45) is 63.1. The molecule has 0 aromatic rings. The van der Waals surface area contributed by atoms with E-state index in [9.17, 15) is 43.2 Å². The number of ether oxygens (including phenoxy) is 4. The van der Waals surface area contributed by atoms with E-state index in [0.29, 0.717) is 25.7 Å². The minimum Gasteiger partial charge on any atom is -0.462 e. The number of unbranched alkanes of at least 4 members (excludes halogenated alkanes) is 44. The monoisotopic (exact) mass is 1450 g/mol. The molecule has 0 heterocycles. The normalized spacial score (nSPS) is 14.1. The Balaban J connectivity index is 5.29. The van der Waals surface area contributed by atoms with Gasteiger partial charge in [-0.3, -0.25) is 37.3 Å². The quantitative estimate of drug-likeness (QED) is 0.0169. The highest BCUT2D eigenvalue weighted by molar-refractivity contribution is 7.47. The molecule has 99 heavy (non-hydrogen) atoms. The van der Waals surface area contributed by atoms with E-state index in [0.717, 1.165) is 121 Å². The maximum Gasteiger partial charge on any atom is 0.472 e. The Morgan fingerprint density at radius 2 is 0.545 bits per heavy atom. The zero-order chi connectivity index (χ0) is 72.8. The van der Waals surface area contributed by atoms with Gasteiger partial charge in [0.05, 0.1) is 26.4 Å². The van der Waals surface area contributed by atoms with Crippen LogP contribution in [0.15, 0.2) is 24.3 Å². The number of hydrogen-bond acceptors (Lipinski definition) is 15. The van der Waals surface area contributed by atoms with Gasteiger partial charge in [0.15, 0.2) is 12.2 Å². The lowest BCUT2D eigenvalue weighted by atomic mass is 10.0. The highest BCUT2D eigenvalue weighted by Gasteiger charge is 2.30. The van der Waals surface area contributed by atoms with Gasteiger partial charge in [-0.2, -0.15) is 0 Å². The van der Waals surface area contributed by atoms with Gasteiger partial charge < -0.3 is 33.8 Å². The fraction of sp³-hybridized carbons (Fsp3) is 0.900. The van der Waals surface area contributed by atoms with Gasteiger partial charge in [0.2, 0.25) is 0 Å². The van der Waals surface area contributed by atoms with E-state index in [4.69, 9.17) is 37.0 Å². The molecule has 0 fully saturated rings. The van der Waals surface area contributed by atoms with Crippen LogP contribution in [-0.4, -0.2) is 96.7 Å². The lowest BCUT2D eigenvalue weighted by Gasteiger charge is -2.21. The number of hydrogen-bond donors (Lipinski definition) is 3. The van der Waals surface area contributed by atoms with Crippen LogP contribution in [0.5, 0.6) is 0 Å². The standard InChI is InChI=1S/C80H152O17P2/c1-7-9-11-13-15-17-19-21-23-27-33-39-45-51-57-63-78(83)91-69-75(96-79(84)64-58-52-46-40-34-28-25-22-24-26-30-36-42-48-54-60-72(3)4)70-94-98(86,87)92-66-74(81)67-93-99(88,89)95-71-76(68-90-77(82)62-56-50-44-38-32-20-18-16-14-12-10-8-2)97-80(85)65-59-53-47-41-35-29-31-37-43-49-55-61-73(5)6/h17,19,21,23,72-76,81H,7-16,18,20,22,24-71H2,1-6H3,(H,86,87)(H,88,89)/b19-17-,23-21-/t74-,75-,76-/m1/s1. The molecular weight excluding hydrogens is 1290 g/mol. The second-order valence-corrected chi connectivity index (χ2v) is 32.0. The summed E-state index contributed by atoms with van der Waals surface area (Å²) in [5, 5.41) is 10.6. The molecule has 0 aromatic carbocycles. The molecule has 3 N–H and O–H groups in total. The van der Waals surface area contributed by atoms with Crippen LogP contribution in [0.1, 0.15) is 395 Å². The first-order chi connectivity index (χ1) is 47.9. The first-order valence-corrected chi connectivity index (χ1v) is 43.8. The highest BCUT2D eigenvalue weighted by Crippen LogP contribution is 2.45. The molecule has 0 aromatic heterocycles. The van der Waals surface area contributed by atoms with Gasteiger partial charge in [-0.25, -0.2) is 9.13 Å². The third-order valence-corrected chi connectivity index (χ3v) is 20.0. The number of phosphoric acid groups is 2. The Hall–Kier alpha value is -2.46. The van der Waals surface area contributed by atoms with Crippen molar-refractivity contribution in [3.05, 3.63) is 24.3 Å². The van der Waals surface area contributed by atoms with Crippen molar-refractivity contribution >= 4 is 39.5 Å². The van der Waals surface area contributed by atoms with Crippen molar-refractivity contribution in [3.63, 3.8) is 0 Å². The Morgan fingerprint density at radius 1 is 0.313 bits per heavy atom. The van der Waals surface area contributed by atoms with Crippen LogP contribution in [0.25, 0.3) is 0 Å². The molecule has 0 bridgehead atoms. The minimum absolute atomic E-state index is 0.101. The van der Waals surface area contributed by atoms with E-state index in [1.165, 1.54) is 193 Å². The smallest absolute Gasteiger partial charge is 0.462 e. The summed E-state index contributed by atoms with van der Waals surface area (Å²) in [5.74, 6) is -0.574. The second-order valence-electron chi connectivity index (χ2n) is 29.1. The number of esters is 4. The number of carbonyl (C=O) groups is 4. The van der Waals surface area contributed by atoms with Crippen molar-refractivity contribution in [1.82, 2.24) is 0 Å². The Bertz CT molecular complexity index is 2000. The van der Waals surface area contributed by atoms with Gasteiger partial charge in [-0.05, 0) is 63.2 Å². The van der Waals surface area contributed by atoms with Gasteiger partial charge in [0.1, 0.15) is 19.3 Å². The van der Waals surface area contributed by atoms with Crippen molar-refractivity contribution in [2.75, 3.05) is 39.6 Å². The maximum absolute atomic E-state index is 13.1. The van der Waals surface area contributed by atoms with E-state index in [-0.39, 0.29) is 25.7 Å². The number of rotatable bonds is 77. The number of carbonyl (C=O) groups excluding carboxylic acids is 4. The molecule has 0 rings (SSSR count). The minimum atomic E-state index is -4.97. The second kappa shape index (κ2) is 71.2. The van der Waals surface area contributed by atoms with E-state index in [2.05, 4.69) is 65.8 Å². The molecule has 5 atom stereocenters. The van der Waals surface area contributed by atoms with Gasteiger partial charge in [-0.15, -0.1) is 0 Å². The van der Waals surface area contributed by atoms with E-state index >= 15 is 0 Å². The fourth-order valence-corrected chi connectivity index (χ4v) is 13.4. The Labute approximate surface area is 605 Å². The summed E-state index contributed by atoms with van der Waals surface area (Å²) < 4.78 is 68.7. The highest BCUT2D eigenvalue weighted by atomic mass is 31.2. The summed E-state index contributed by atoms with van der Waals surface area (Å²) in [7, 11) is -9.93. The third-order valence-electron chi connectivity index (χ3n) is 18.1. The van der Waals surface area contributed by atoms with Crippen molar-refractivity contribution in [2.24, 2.45) is 11.8 Å². The predicted molar refractivity (Wildman–Crippen MR) is 404 cm³/mol. The molecule has 17 nitrogen and oxygen atoms in total. The molecule has 0 radical (unpaired) electrons. The molecular formula is C80H152O17P2. The molecule has 0 aliphatic rings. The Morgan fingerprint density at radius 3 is 0.828 bits per heavy atom. The molecule has 2 unspecified atom stereocenters. The van der Waals surface area contributed by atoms with Crippen LogP contribution in [0.4, 0.5) is 0 Å². The molecule has 0 saturated carbocycles. The summed E-state index contributed by atoms with van der Waals surface area (Å²) in [5.41, 5.74) is 0. The number of aliphatic hydroxyl groups excluding tert-OH is 1. The average molecular weight is 1450 g/mol. The van der Waals surface area contributed by atoms with Crippen LogP contribution < -0.4 is 0 Å². The van der Waals surface area contributed by atoms with Crippen LogP contribution in [0, 0.1) is 11.8 Å². The van der Waals surface area contributed by atoms with Gasteiger partial charge in [0.25, 0.3) is 0 Å². The number of allylic oxidation sites excluding steroid dienone is 4. The zero-order valence-electron chi connectivity index (χ0n) is 64.3. The first kappa shape index (κ1) is 96.5. The average Bonchev–Trinajstić information content (AvgIpc) is 1.00. The summed E-state index contributed by atoms with van der Waals surface area (Å²) in [6, 6.07) is 0. The van der Waals surface area contributed by atoms with Crippen molar-refractivity contribution in [3.8, 4) is 0 Å². The van der Waals surface area contributed by atoms with Crippen LogP contribution in [-0.2, 0) is 65.4 Å². The van der Waals surface area contributed by atoms with Crippen LogP contribution in [0.3, 0.4) is 0 Å². The zero-order valence-corrected chi connectivity index (χ0v) is 66.1. The first-order valence-electron chi connectivity index (χ1n) is 40.8. The van der Waals surface area contributed by atoms with Gasteiger partial charge in [-0.1, -0.05) is 342 Å². The molecule has 0 saturated heterocycles. The molecule has 584 valence electrons. The van der Waals surface area contributed by atoms with Crippen molar-refractivity contribution in [2.45, 2.75) is 413 Å². The van der Waals surface area contributed by atoms with Crippen molar-refractivity contribution in [1.29, 1.82) is 0 Å². The lowest BCUT2D eigenvalue weighted by molar-refractivity contribution is -0.161. The van der Waals surface area contributed by atoms with E-state index < -0.39 is 97.5 Å². The summed E-state index contributed by atoms with van der Waals surface area (Å²) in [4.78, 5) is 73.0. The molecule has 19 heteroatoms. The van der Waals surface area contributed by atoms with Gasteiger partial charge in [0, 0.05) is 25.7 Å². The number of aliphatic hydroxyl groups is 1. The van der Waals surface area contributed by atoms with E-state index in [1.54, 1.807) is 0 Å². The summed E-state index contributed by atoms with van der Waals surface area (Å²) in [6.45, 7) is 9.59. The SMILES string of the molecule is CCCCCC/C=C\C=C/CCCCCCCC(=O)OC[C@H](COP(=O)(O)OC[C@@H](O)COP(=O)(O)OC[C@@H](COC(=O)CCCCCCCCCCCCCC)OC(=O)CCCCCCCCCCCCCC(C)C)OC(=O)CCCCCCCCCCCCCCCCCC(C)C. The topological polar surface area (TPSA) is 237 Å². The fourth-order valence-electron chi connectivity index (χ4n) is 11.8. The van der Waals surface area contributed by atoms with Gasteiger partial charge >= 0.3 is 39.5 Å². The van der Waals surface area contributed by atoms with Crippen LogP contribution >= 0.6 is 15.6 Å². The maximum atomic E-state index is 13.1. The molecule has 0 amide bonds. The molecule has 0 aliphatic carbocycles. The largest absolute Gasteiger partial charge is 0.472 e. The summed E-state index contributed by atoms with van der Waals surface area (Å²) >= 11 is 0. The lowest BCUT2D eigenvalue weighted by Crippen LogP contribution is -2.30. The predicted octanol–water partition coefficient (Wildman–Crippen LogP) is 23.4. The van der Waals surface area contributed by atoms with Crippen molar-refractivity contribution < 1.29 is 80.2 Å². The number of phosphoric ester groups is 2.